The Labute approximate surface area is 334 Å². The van der Waals surface area contributed by atoms with Crippen LogP contribution in [0.1, 0.15) is 94.3 Å². The van der Waals surface area contributed by atoms with Crippen molar-refractivity contribution in [3.05, 3.63) is 89.2 Å². The molecule has 2 N–H and O–H groups in total. The van der Waals surface area contributed by atoms with Crippen LogP contribution < -0.4 is 25.0 Å². The molecule has 300 valence electrons. The summed E-state index contributed by atoms with van der Waals surface area (Å²) in [5.41, 5.74) is 5.06. The number of likely N-dealkylation sites (N-methyl/N-ethyl adjacent to an activating group) is 1. The van der Waals surface area contributed by atoms with Gasteiger partial charge in [-0.1, -0.05) is 45.0 Å². The monoisotopic (exact) mass is 774 g/mol. The van der Waals surface area contributed by atoms with Crippen LogP contribution in [0.3, 0.4) is 0 Å². The molecule has 8 rings (SSSR count). The Kier molecular flexibility index (Phi) is 10.9. The summed E-state index contributed by atoms with van der Waals surface area (Å²) in [6.07, 6.45) is 6.75. The van der Waals surface area contributed by atoms with Gasteiger partial charge in [0, 0.05) is 62.4 Å². The first kappa shape index (κ1) is 38.4. The number of fused-ring (bicyclic) bond motifs is 2. The minimum Gasteiger partial charge on any atom is -0.484 e. The Hall–Kier alpha value is -5.47. The molecule has 0 saturated carbocycles. The fourth-order valence-corrected chi connectivity index (χ4v) is 8.29. The summed E-state index contributed by atoms with van der Waals surface area (Å²) in [5, 5.41) is 20.3. The summed E-state index contributed by atoms with van der Waals surface area (Å²) in [5.74, 6) is 2.66. The van der Waals surface area contributed by atoms with Gasteiger partial charge in [0.25, 0.3) is 6.47 Å². The van der Waals surface area contributed by atoms with Crippen molar-refractivity contribution in [3.63, 3.8) is 0 Å². The number of hydrogen-bond donors (Lipinski definition) is 2. The lowest BCUT2D eigenvalue weighted by molar-refractivity contribution is -0.120. The Morgan fingerprint density at radius 3 is 2.51 bits per heavy atom. The number of nitrogens with one attached hydrogen (secondary N) is 2. The van der Waals surface area contributed by atoms with Crippen molar-refractivity contribution in [1.82, 2.24) is 39.5 Å². The van der Waals surface area contributed by atoms with Crippen molar-refractivity contribution in [2.75, 3.05) is 50.0 Å². The van der Waals surface area contributed by atoms with E-state index in [0.717, 1.165) is 97.4 Å². The molecular formula is C43H54N10O4. The number of nitrogens with zero attached hydrogens (tertiary/aromatic N) is 8. The molecule has 0 spiro atoms. The van der Waals surface area contributed by atoms with Gasteiger partial charge in [-0.3, -0.25) is 19.4 Å². The third kappa shape index (κ3) is 8.33. The number of aromatic nitrogens is 5. The topological polar surface area (TPSA) is 134 Å². The number of piperidine rings is 1. The fraction of sp³-hybridized carbons (Fsp3) is 0.465. The van der Waals surface area contributed by atoms with Crippen molar-refractivity contribution in [2.45, 2.75) is 89.9 Å². The normalized spacial score (nSPS) is 20.6. The molecule has 14 heteroatoms. The van der Waals surface area contributed by atoms with Crippen molar-refractivity contribution >= 4 is 29.9 Å². The number of amides is 2. The molecule has 2 aromatic carbocycles. The van der Waals surface area contributed by atoms with Gasteiger partial charge in [0.15, 0.2) is 5.65 Å². The molecule has 5 aromatic rings. The van der Waals surface area contributed by atoms with Gasteiger partial charge < -0.3 is 24.6 Å². The van der Waals surface area contributed by atoms with E-state index in [4.69, 9.17) is 14.6 Å². The fourth-order valence-electron chi connectivity index (χ4n) is 8.29. The average molecular weight is 775 g/mol. The lowest BCUT2D eigenvalue weighted by Gasteiger charge is -2.33. The van der Waals surface area contributed by atoms with E-state index >= 15 is 0 Å². The molecule has 0 radical (unpaired) electrons. The van der Waals surface area contributed by atoms with Crippen molar-refractivity contribution in [3.8, 4) is 17.2 Å². The van der Waals surface area contributed by atoms with Crippen LogP contribution in [0.2, 0.25) is 0 Å². The highest BCUT2D eigenvalue weighted by Crippen LogP contribution is 2.39. The second-order valence-electron chi connectivity index (χ2n) is 16.8. The number of hydrogen-bond acceptors (Lipinski definition) is 10. The maximum Gasteiger partial charge on any atom is 0.320 e. The molecule has 2 fully saturated rings. The van der Waals surface area contributed by atoms with Gasteiger partial charge in [-0.25, -0.2) is 9.48 Å². The van der Waals surface area contributed by atoms with E-state index in [2.05, 4.69) is 82.4 Å². The van der Waals surface area contributed by atoms with E-state index in [1.165, 1.54) is 6.42 Å². The molecule has 2 aliphatic heterocycles. The second kappa shape index (κ2) is 16.2. The standard InChI is InChI=1S/C43H54N10O4/c1-29-10-8-9-19-51(29)42-47-46-39-18-14-32(27-52(39)42)57-37-17-15-35(33-11-6-7-12-34(33)37)44-41(55)45-40-25-38(43(2,3)4)48-53(40)31-13-16-36(56-28-54)30(24-31)26-50-22-20-49(5)21-23-50/h6-7,11-14,16,18,24-25,27-29,35,37H,8-10,15,17,19-23,26H2,1-5H3,(H2,44,45,55)/t29-,35-,37+/m0/s1. The quantitative estimate of drug-likeness (QED) is 0.149. The van der Waals surface area contributed by atoms with Crippen LogP contribution in [0.5, 0.6) is 11.5 Å². The largest absolute Gasteiger partial charge is 0.484 e. The molecule has 3 atom stereocenters. The number of ether oxygens (including phenoxy) is 2. The summed E-state index contributed by atoms with van der Waals surface area (Å²) >= 11 is 0. The third-order valence-electron chi connectivity index (χ3n) is 11.6. The average Bonchev–Trinajstić information content (AvgIpc) is 3.82. The number of rotatable bonds is 10. The highest BCUT2D eigenvalue weighted by molar-refractivity contribution is 5.89. The van der Waals surface area contributed by atoms with Crippen LogP contribution in [-0.2, 0) is 16.8 Å². The van der Waals surface area contributed by atoms with Crippen LogP contribution in [0.4, 0.5) is 16.6 Å². The van der Waals surface area contributed by atoms with Crippen molar-refractivity contribution < 1.29 is 19.1 Å². The van der Waals surface area contributed by atoms with Crippen molar-refractivity contribution in [2.24, 2.45) is 0 Å². The van der Waals surface area contributed by atoms with Gasteiger partial charge >= 0.3 is 6.03 Å². The number of pyridine rings is 1. The predicted molar refractivity (Wildman–Crippen MR) is 219 cm³/mol. The molecule has 2 saturated heterocycles. The van der Waals surface area contributed by atoms with E-state index in [-0.39, 0.29) is 23.6 Å². The molecule has 3 aromatic heterocycles. The van der Waals surface area contributed by atoms with E-state index in [9.17, 15) is 9.59 Å². The number of benzene rings is 2. The van der Waals surface area contributed by atoms with E-state index < -0.39 is 0 Å². The summed E-state index contributed by atoms with van der Waals surface area (Å²) in [6.45, 7) is 14.4. The smallest absolute Gasteiger partial charge is 0.320 e. The molecule has 57 heavy (non-hydrogen) atoms. The Balaban J connectivity index is 1.00. The van der Waals surface area contributed by atoms with E-state index in [0.29, 0.717) is 37.0 Å². The Morgan fingerprint density at radius 1 is 0.930 bits per heavy atom. The molecule has 2 amide bonds. The van der Waals surface area contributed by atoms with Crippen LogP contribution in [0.25, 0.3) is 11.3 Å². The summed E-state index contributed by atoms with van der Waals surface area (Å²) in [7, 11) is 2.13. The zero-order valence-electron chi connectivity index (χ0n) is 33.6. The molecule has 5 heterocycles. The van der Waals surface area contributed by atoms with Gasteiger partial charge in [0.1, 0.15) is 23.4 Å². The molecule has 0 bridgehead atoms. The number of anilines is 2. The minimum absolute atomic E-state index is 0.185. The first-order valence-electron chi connectivity index (χ1n) is 20.2. The lowest BCUT2D eigenvalue weighted by atomic mass is 9.85. The summed E-state index contributed by atoms with van der Waals surface area (Å²) < 4.78 is 15.9. The highest BCUT2D eigenvalue weighted by atomic mass is 16.5. The highest BCUT2D eigenvalue weighted by Gasteiger charge is 2.31. The maximum absolute atomic E-state index is 13.9. The third-order valence-corrected chi connectivity index (χ3v) is 11.6. The van der Waals surface area contributed by atoms with E-state index in [1.807, 2.05) is 53.1 Å². The summed E-state index contributed by atoms with van der Waals surface area (Å²) in [6, 6.07) is 19.5. The Morgan fingerprint density at radius 2 is 1.74 bits per heavy atom. The molecule has 14 nitrogen and oxygen atoms in total. The second-order valence-corrected chi connectivity index (χ2v) is 16.8. The molecular weight excluding hydrogens is 721 g/mol. The van der Waals surface area contributed by atoms with Gasteiger partial charge in [0.05, 0.1) is 23.6 Å². The zero-order valence-corrected chi connectivity index (χ0v) is 33.6. The van der Waals surface area contributed by atoms with Crippen LogP contribution >= 0.6 is 0 Å². The lowest BCUT2D eigenvalue weighted by Crippen LogP contribution is -2.43. The van der Waals surface area contributed by atoms with Crippen molar-refractivity contribution in [1.29, 1.82) is 0 Å². The molecule has 1 aliphatic carbocycles. The molecule has 3 aliphatic rings. The van der Waals surface area contributed by atoms with Gasteiger partial charge in [0.2, 0.25) is 5.95 Å². The number of carbonyl (C=O) groups is 2. The molecule has 0 unspecified atom stereocenters. The van der Waals surface area contributed by atoms with E-state index in [1.54, 1.807) is 10.7 Å². The zero-order chi connectivity index (χ0) is 39.7. The SMILES string of the molecule is C[C@H]1CCCCN1c1nnc2ccc(O[C@@H]3CC[C@H](NC(=O)Nc4cc(C(C)(C)C)nn4-c4ccc(OC=O)c(CN5CCN(C)CC5)c4)c4ccccc43)cn12. The Bertz CT molecular complexity index is 2220. The minimum atomic E-state index is -0.327. The predicted octanol–water partition coefficient (Wildman–Crippen LogP) is 6.65. The summed E-state index contributed by atoms with van der Waals surface area (Å²) in [4.78, 5) is 32.3. The van der Waals surface area contributed by atoms with Gasteiger partial charge in [-0.15, -0.1) is 10.2 Å². The number of piperazine rings is 1. The van der Waals surface area contributed by atoms with Gasteiger partial charge in [-0.2, -0.15) is 5.10 Å². The first-order valence-corrected chi connectivity index (χ1v) is 20.2. The number of carbonyl (C=O) groups excluding carboxylic acids is 2. The maximum atomic E-state index is 13.9. The van der Waals surface area contributed by atoms with Crippen LogP contribution in [0, 0.1) is 0 Å². The first-order chi connectivity index (χ1) is 27.5. The van der Waals surface area contributed by atoms with Gasteiger partial charge in [-0.05, 0) is 87.5 Å². The van der Waals surface area contributed by atoms with Crippen LogP contribution in [-0.4, -0.2) is 92.5 Å². The number of urea groups is 1. The van der Waals surface area contributed by atoms with Crippen LogP contribution in [0.15, 0.2) is 66.9 Å².